The van der Waals surface area contributed by atoms with Gasteiger partial charge in [-0.2, -0.15) is 0 Å². The number of carboxylic acid groups (broad SMARTS) is 1. The molecule has 1 aromatic heterocycles. The summed E-state index contributed by atoms with van der Waals surface area (Å²) in [5.41, 5.74) is 1.40. The number of ether oxygens (including phenoxy) is 2. The van der Waals surface area contributed by atoms with E-state index >= 15 is 0 Å². The zero-order chi connectivity index (χ0) is 19.7. The number of aliphatic carboxylic acids is 1. The second-order valence-electron chi connectivity index (χ2n) is 6.46. The number of hydrogen-bond acceptors (Lipinski definition) is 6. The second-order valence-corrected chi connectivity index (χ2v) is 7.46. The molecule has 0 radical (unpaired) electrons. The van der Waals surface area contributed by atoms with Crippen molar-refractivity contribution in [1.29, 1.82) is 0 Å². The smallest absolute Gasteiger partial charge is 0.326 e. The van der Waals surface area contributed by atoms with Crippen LogP contribution in [0.3, 0.4) is 0 Å². The van der Waals surface area contributed by atoms with Gasteiger partial charge in [0.05, 0.1) is 19.9 Å². The molecule has 0 bridgehead atoms. The molecular weight excluding hydrogens is 368 g/mol. The Morgan fingerprint density at radius 1 is 1.26 bits per heavy atom. The summed E-state index contributed by atoms with van der Waals surface area (Å²) in [4.78, 5) is 30.9. The zero-order valence-corrected chi connectivity index (χ0v) is 16.5. The molecule has 1 aromatic carbocycles. The molecular formula is C19H22N2O5S. The number of carboxylic acids is 1. The van der Waals surface area contributed by atoms with Crippen LogP contribution < -0.4 is 9.47 Å². The number of thiazole rings is 1. The molecule has 1 unspecified atom stereocenters. The minimum Gasteiger partial charge on any atom is -0.493 e. The highest BCUT2D eigenvalue weighted by molar-refractivity contribution is 7.17. The molecule has 0 spiro atoms. The molecule has 0 saturated heterocycles. The number of nitrogens with zero attached hydrogens (tertiary/aromatic N) is 2. The minimum absolute atomic E-state index is 0.00497. The molecule has 2 aromatic rings. The van der Waals surface area contributed by atoms with Gasteiger partial charge in [-0.25, -0.2) is 9.78 Å². The average Bonchev–Trinajstić information content (AvgIpc) is 3.41. The van der Waals surface area contributed by atoms with Crippen molar-refractivity contribution in [3.63, 3.8) is 0 Å². The summed E-state index contributed by atoms with van der Waals surface area (Å²) in [7, 11) is 3.13. The van der Waals surface area contributed by atoms with E-state index in [1.807, 2.05) is 12.1 Å². The van der Waals surface area contributed by atoms with Gasteiger partial charge in [0, 0.05) is 11.6 Å². The normalized spacial score (nSPS) is 14.5. The number of carbonyl (C=O) groups is 2. The first-order valence-corrected chi connectivity index (χ1v) is 9.44. The molecule has 1 aliphatic carbocycles. The lowest BCUT2D eigenvalue weighted by atomic mass is 10.2. The molecule has 1 aliphatic rings. The Kier molecular flexibility index (Phi) is 5.36. The van der Waals surface area contributed by atoms with Crippen molar-refractivity contribution in [3.8, 4) is 22.1 Å². The summed E-state index contributed by atoms with van der Waals surface area (Å²) in [5.74, 6) is -0.0810. The molecule has 8 heteroatoms. The van der Waals surface area contributed by atoms with Gasteiger partial charge in [-0.1, -0.05) is 0 Å². The molecule has 144 valence electrons. The number of rotatable bonds is 7. The van der Waals surface area contributed by atoms with E-state index in [1.165, 1.54) is 16.2 Å². The fraction of sp³-hybridized carbons (Fsp3) is 0.421. The summed E-state index contributed by atoms with van der Waals surface area (Å²) in [6, 6.07) is 4.58. The zero-order valence-electron chi connectivity index (χ0n) is 15.7. The lowest BCUT2D eigenvalue weighted by molar-refractivity contribution is -0.141. The van der Waals surface area contributed by atoms with E-state index in [4.69, 9.17) is 9.47 Å². The number of carbonyl (C=O) groups excluding carboxylic acids is 1. The Morgan fingerprint density at radius 3 is 2.48 bits per heavy atom. The Hall–Kier alpha value is -2.61. The van der Waals surface area contributed by atoms with E-state index in [2.05, 4.69) is 4.98 Å². The van der Waals surface area contributed by atoms with Crippen molar-refractivity contribution in [2.45, 2.75) is 38.8 Å². The van der Waals surface area contributed by atoms with Crippen molar-refractivity contribution in [1.82, 2.24) is 9.88 Å². The van der Waals surface area contributed by atoms with Crippen LogP contribution in [-0.4, -0.2) is 53.2 Å². The Labute approximate surface area is 161 Å². The second kappa shape index (κ2) is 7.56. The van der Waals surface area contributed by atoms with E-state index in [1.54, 1.807) is 34.1 Å². The summed E-state index contributed by atoms with van der Waals surface area (Å²) in [6.07, 6.45) is 1.67. The van der Waals surface area contributed by atoms with Crippen LogP contribution in [0.1, 0.15) is 35.1 Å². The number of aryl methyl sites for hydroxylation is 1. The van der Waals surface area contributed by atoms with Crippen LogP contribution in [0.25, 0.3) is 10.6 Å². The molecule has 1 fully saturated rings. The third-order valence-electron chi connectivity index (χ3n) is 4.57. The quantitative estimate of drug-likeness (QED) is 0.781. The third-order valence-corrected chi connectivity index (χ3v) is 5.77. The van der Waals surface area contributed by atoms with Crippen molar-refractivity contribution in [2.24, 2.45) is 0 Å². The Morgan fingerprint density at radius 2 is 1.93 bits per heavy atom. The maximum atomic E-state index is 13.0. The van der Waals surface area contributed by atoms with E-state index in [0.29, 0.717) is 27.1 Å². The molecule has 3 rings (SSSR count). The van der Waals surface area contributed by atoms with Gasteiger partial charge in [0.1, 0.15) is 15.9 Å². The summed E-state index contributed by atoms with van der Waals surface area (Å²) >= 11 is 1.26. The van der Waals surface area contributed by atoms with Gasteiger partial charge < -0.3 is 19.5 Å². The van der Waals surface area contributed by atoms with Crippen molar-refractivity contribution < 1.29 is 24.2 Å². The van der Waals surface area contributed by atoms with Gasteiger partial charge in [0.2, 0.25) is 0 Å². The fourth-order valence-electron chi connectivity index (χ4n) is 2.93. The Balaban J connectivity index is 1.94. The van der Waals surface area contributed by atoms with Gasteiger partial charge in [0.25, 0.3) is 5.91 Å². The lowest BCUT2D eigenvalue weighted by Gasteiger charge is -2.26. The van der Waals surface area contributed by atoms with E-state index in [0.717, 1.165) is 18.4 Å². The van der Waals surface area contributed by atoms with Crippen LogP contribution in [0, 0.1) is 6.92 Å². The molecule has 1 amide bonds. The summed E-state index contributed by atoms with van der Waals surface area (Å²) < 4.78 is 10.6. The first-order chi connectivity index (χ1) is 12.9. The van der Waals surface area contributed by atoms with E-state index in [-0.39, 0.29) is 11.9 Å². The standard InChI is InChI=1S/C19H22N2O5S/c1-10-16(18(22)21(13-6-7-13)11(2)19(23)24)27-17(20-10)12-5-8-14(25-3)15(9-12)26-4/h5,8-9,11,13H,6-7H2,1-4H3,(H,23,24). The first-order valence-electron chi connectivity index (χ1n) is 8.62. The molecule has 7 nitrogen and oxygen atoms in total. The molecule has 27 heavy (non-hydrogen) atoms. The van der Waals surface area contributed by atoms with Crippen LogP contribution in [-0.2, 0) is 4.79 Å². The van der Waals surface area contributed by atoms with Gasteiger partial charge in [0.15, 0.2) is 11.5 Å². The molecule has 1 N–H and O–H groups in total. The molecule has 1 heterocycles. The predicted molar refractivity (Wildman–Crippen MR) is 102 cm³/mol. The van der Waals surface area contributed by atoms with Crippen molar-refractivity contribution >= 4 is 23.2 Å². The van der Waals surface area contributed by atoms with Crippen LogP contribution in [0.2, 0.25) is 0 Å². The first kappa shape index (κ1) is 19.2. The van der Waals surface area contributed by atoms with E-state index < -0.39 is 12.0 Å². The fourth-order valence-corrected chi connectivity index (χ4v) is 3.94. The highest BCUT2D eigenvalue weighted by Crippen LogP contribution is 2.37. The maximum absolute atomic E-state index is 13.0. The third kappa shape index (κ3) is 3.75. The summed E-state index contributed by atoms with van der Waals surface area (Å²) in [6.45, 7) is 3.31. The minimum atomic E-state index is -1.00. The summed E-state index contributed by atoms with van der Waals surface area (Å²) in [5, 5.41) is 10.0. The van der Waals surface area contributed by atoms with Crippen molar-refractivity contribution in [2.75, 3.05) is 14.2 Å². The molecule has 1 saturated carbocycles. The average molecular weight is 390 g/mol. The van der Waals surface area contributed by atoms with Crippen LogP contribution in [0.15, 0.2) is 18.2 Å². The van der Waals surface area contributed by atoms with E-state index in [9.17, 15) is 14.7 Å². The number of methoxy groups -OCH3 is 2. The van der Waals surface area contributed by atoms with Gasteiger partial charge in [-0.15, -0.1) is 11.3 Å². The van der Waals surface area contributed by atoms with Crippen LogP contribution in [0.4, 0.5) is 0 Å². The monoisotopic (exact) mass is 390 g/mol. The van der Waals surface area contributed by atoms with Crippen LogP contribution in [0.5, 0.6) is 11.5 Å². The number of amides is 1. The van der Waals surface area contributed by atoms with Crippen LogP contribution >= 0.6 is 11.3 Å². The van der Waals surface area contributed by atoms with Gasteiger partial charge in [-0.05, 0) is 44.9 Å². The predicted octanol–water partition coefficient (Wildman–Crippen LogP) is 3.21. The number of aromatic nitrogens is 1. The maximum Gasteiger partial charge on any atom is 0.326 e. The number of hydrogen-bond donors (Lipinski definition) is 1. The number of benzene rings is 1. The highest BCUT2D eigenvalue weighted by Gasteiger charge is 2.40. The lowest BCUT2D eigenvalue weighted by Crippen LogP contribution is -2.44. The molecule has 1 atom stereocenters. The Bertz CT molecular complexity index is 875. The largest absolute Gasteiger partial charge is 0.493 e. The van der Waals surface area contributed by atoms with Gasteiger partial charge >= 0.3 is 5.97 Å². The SMILES string of the molecule is COc1ccc(-c2nc(C)c(C(=O)N(C3CC3)C(C)C(=O)O)s2)cc1OC. The molecule has 0 aliphatic heterocycles. The van der Waals surface area contributed by atoms with Crippen molar-refractivity contribution in [3.05, 3.63) is 28.8 Å². The highest BCUT2D eigenvalue weighted by atomic mass is 32.1. The van der Waals surface area contributed by atoms with Gasteiger partial charge in [-0.3, -0.25) is 4.79 Å². The topological polar surface area (TPSA) is 89.0 Å².